The van der Waals surface area contributed by atoms with E-state index < -0.39 is 35.0 Å². The highest BCUT2D eigenvalue weighted by Crippen LogP contribution is 2.47. The molecule has 1 aliphatic rings. The zero-order valence-electron chi connectivity index (χ0n) is 23.0. The Labute approximate surface area is 244 Å². The molecule has 0 spiro atoms. The molecule has 1 saturated carbocycles. The second kappa shape index (κ2) is 11.1. The summed E-state index contributed by atoms with van der Waals surface area (Å²) in [5.41, 5.74) is -2.10. The summed E-state index contributed by atoms with van der Waals surface area (Å²) >= 11 is 6.66. The van der Waals surface area contributed by atoms with Gasteiger partial charge in [0.1, 0.15) is 28.4 Å². The summed E-state index contributed by atoms with van der Waals surface area (Å²) in [5.74, 6) is -1.13. The SMILES string of the molecule is COc1cc(C(=O)NC[C@](O)(c2cc(C(C)(C)O)c(Cl)c(-c3ccc(F)cc3)n2)C2CC2)cc2cc(C(F)F)nnc12. The molecule has 220 valence electrons. The van der Waals surface area contributed by atoms with Gasteiger partial charge in [-0.05, 0) is 81.1 Å². The van der Waals surface area contributed by atoms with E-state index in [1.165, 1.54) is 49.6 Å². The molecule has 1 aliphatic carbocycles. The number of rotatable bonds is 9. The van der Waals surface area contributed by atoms with Crippen molar-refractivity contribution in [3.63, 3.8) is 0 Å². The molecule has 2 aromatic carbocycles. The van der Waals surface area contributed by atoms with Crippen molar-refractivity contribution in [3.8, 4) is 17.0 Å². The molecule has 0 unspecified atom stereocenters. The Kier molecular flexibility index (Phi) is 7.86. The number of alkyl halides is 2. The minimum absolute atomic E-state index is 0.0963. The predicted octanol–water partition coefficient (Wildman–Crippen LogP) is 5.69. The van der Waals surface area contributed by atoms with E-state index in [1.54, 1.807) is 13.8 Å². The number of carbonyl (C=O) groups is 1. The molecule has 42 heavy (non-hydrogen) atoms. The van der Waals surface area contributed by atoms with Crippen molar-refractivity contribution in [1.29, 1.82) is 0 Å². The summed E-state index contributed by atoms with van der Waals surface area (Å²) in [4.78, 5) is 18.0. The first-order valence-electron chi connectivity index (χ1n) is 13.2. The van der Waals surface area contributed by atoms with Crippen molar-refractivity contribution in [2.45, 2.75) is 44.3 Å². The molecular formula is C30H28ClF3N4O4. The van der Waals surface area contributed by atoms with Crippen LogP contribution in [0, 0.1) is 11.7 Å². The van der Waals surface area contributed by atoms with E-state index in [1.807, 2.05) is 0 Å². The molecule has 0 saturated heterocycles. The van der Waals surface area contributed by atoms with Gasteiger partial charge >= 0.3 is 0 Å². The molecule has 2 aromatic heterocycles. The molecule has 1 atom stereocenters. The van der Waals surface area contributed by atoms with Crippen LogP contribution in [0.5, 0.6) is 5.75 Å². The van der Waals surface area contributed by atoms with Crippen LogP contribution in [0.4, 0.5) is 13.2 Å². The second-order valence-corrected chi connectivity index (χ2v) is 11.2. The number of benzene rings is 2. The first kappa shape index (κ1) is 29.7. The third-order valence-electron chi connectivity index (χ3n) is 7.33. The summed E-state index contributed by atoms with van der Waals surface area (Å²) < 4.78 is 45.4. The van der Waals surface area contributed by atoms with Crippen molar-refractivity contribution >= 4 is 28.4 Å². The van der Waals surface area contributed by atoms with E-state index >= 15 is 0 Å². The van der Waals surface area contributed by atoms with Gasteiger partial charge in [-0.2, -0.15) is 0 Å². The molecular weight excluding hydrogens is 573 g/mol. The van der Waals surface area contributed by atoms with Crippen LogP contribution < -0.4 is 10.1 Å². The third-order valence-corrected chi connectivity index (χ3v) is 7.71. The van der Waals surface area contributed by atoms with Crippen LogP contribution in [0.15, 0.2) is 48.5 Å². The van der Waals surface area contributed by atoms with Crippen molar-refractivity contribution in [2.24, 2.45) is 5.92 Å². The number of aromatic nitrogens is 3. The monoisotopic (exact) mass is 600 g/mol. The summed E-state index contributed by atoms with van der Waals surface area (Å²) in [6, 6.07) is 11.0. The maximum Gasteiger partial charge on any atom is 0.282 e. The summed E-state index contributed by atoms with van der Waals surface area (Å²) in [5, 5.41) is 33.3. The lowest BCUT2D eigenvalue weighted by molar-refractivity contribution is 0.00889. The van der Waals surface area contributed by atoms with Crippen LogP contribution in [-0.2, 0) is 11.2 Å². The number of nitrogens with one attached hydrogen (secondary N) is 1. The van der Waals surface area contributed by atoms with Gasteiger partial charge in [0.15, 0.2) is 0 Å². The molecule has 0 radical (unpaired) electrons. The molecule has 1 amide bonds. The van der Waals surface area contributed by atoms with E-state index in [2.05, 4.69) is 20.5 Å². The number of hydrogen-bond acceptors (Lipinski definition) is 7. The van der Waals surface area contributed by atoms with E-state index in [0.29, 0.717) is 24.0 Å². The molecule has 2 heterocycles. The van der Waals surface area contributed by atoms with Crippen LogP contribution in [0.1, 0.15) is 60.4 Å². The highest BCUT2D eigenvalue weighted by molar-refractivity contribution is 6.34. The van der Waals surface area contributed by atoms with E-state index in [-0.39, 0.29) is 51.1 Å². The molecule has 3 N–H and O–H groups in total. The van der Waals surface area contributed by atoms with Gasteiger partial charge in [0, 0.05) is 22.1 Å². The Bertz CT molecular complexity index is 1660. The van der Waals surface area contributed by atoms with Gasteiger partial charge in [0.05, 0.1) is 35.7 Å². The largest absolute Gasteiger partial charge is 0.494 e. The number of carbonyl (C=O) groups excluding carboxylic acids is 1. The van der Waals surface area contributed by atoms with Crippen LogP contribution in [-0.4, -0.2) is 45.0 Å². The van der Waals surface area contributed by atoms with Gasteiger partial charge in [0.2, 0.25) is 0 Å². The lowest BCUT2D eigenvalue weighted by Crippen LogP contribution is -2.43. The number of halogens is 4. The molecule has 0 bridgehead atoms. The van der Waals surface area contributed by atoms with E-state index in [4.69, 9.17) is 16.3 Å². The van der Waals surface area contributed by atoms with Crippen LogP contribution in [0.3, 0.4) is 0 Å². The van der Waals surface area contributed by atoms with Crippen LogP contribution >= 0.6 is 11.6 Å². The number of fused-ring (bicyclic) bond motifs is 1. The lowest BCUT2D eigenvalue weighted by atomic mass is 9.88. The molecule has 8 nitrogen and oxygen atoms in total. The fraction of sp³-hybridized carbons (Fsp3) is 0.333. The quantitative estimate of drug-likeness (QED) is 0.226. The van der Waals surface area contributed by atoms with Gasteiger partial charge < -0.3 is 20.3 Å². The van der Waals surface area contributed by atoms with E-state index in [0.717, 1.165) is 6.07 Å². The number of ether oxygens (including phenoxy) is 1. The first-order valence-corrected chi connectivity index (χ1v) is 13.5. The predicted molar refractivity (Wildman–Crippen MR) is 150 cm³/mol. The smallest absolute Gasteiger partial charge is 0.282 e. The van der Waals surface area contributed by atoms with E-state index in [9.17, 15) is 28.2 Å². The zero-order valence-corrected chi connectivity index (χ0v) is 23.7. The van der Waals surface area contributed by atoms with Gasteiger partial charge in [-0.3, -0.25) is 4.79 Å². The Morgan fingerprint density at radius 2 is 1.81 bits per heavy atom. The fourth-order valence-corrected chi connectivity index (χ4v) is 5.29. The lowest BCUT2D eigenvalue weighted by Gasteiger charge is -2.31. The Hall–Kier alpha value is -3.80. The average Bonchev–Trinajstić information content (AvgIpc) is 3.81. The highest BCUT2D eigenvalue weighted by atomic mass is 35.5. The average molecular weight is 601 g/mol. The molecule has 0 aliphatic heterocycles. The minimum Gasteiger partial charge on any atom is -0.494 e. The molecule has 4 aromatic rings. The fourth-order valence-electron chi connectivity index (χ4n) is 4.85. The zero-order chi connectivity index (χ0) is 30.4. The normalized spacial score (nSPS) is 15.1. The van der Waals surface area contributed by atoms with Crippen molar-refractivity contribution in [3.05, 3.63) is 81.9 Å². The minimum atomic E-state index is -2.85. The van der Waals surface area contributed by atoms with Crippen LogP contribution in [0.25, 0.3) is 22.2 Å². The van der Waals surface area contributed by atoms with Crippen molar-refractivity contribution < 1.29 is 32.9 Å². The molecule has 12 heteroatoms. The van der Waals surface area contributed by atoms with Gasteiger partial charge in [-0.25, -0.2) is 18.2 Å². The highest BCUT2D eigenvalue weighted by Gasteiger charge is 2.47. The number of methoxy groups -OCH3 is 1. The third kappa shape index (κ3) is 5.77. The number of nitrogens with zero attached hydrogens (tertiary/aromatic N) is 3. The summed E-state index contributed by atoms with van der Waals surface area (Å²) in [6.07, 6.45) is -1.52. The summed E-state index contributed by atoms with van der Waals surface area (Å²) in [6.45, 7) is 2.83. The van der Waals surface area contributed by atoms with Gasteiger partial charge in [-0.15, -0.1) is 10.2 Å². The Balaban J connectivity index is 1.52. The summed E-state index contributed by atoms with van der Waals surface area (Å²) in [7, 11) is 1.36. The van der Waals surface area contributed by atoms with Gasteiger partial charge in [0.25, 0.3) is 12.3 Å². The van der Waals surface area contributed by atoms with Gasteiger partial charge in [-0.1, -0.05) is 11.6 Å². The number of hydrogen-bond donors (Lipinski definition) is 3. The maximum atomic E-state index is 13.6. The topological polar surface area (TPSA) is 117 Å². The number of aliphatic hydroxyl groups is 2. The van der Waals surface area contributed by atoms with Crippen molar-refractivity contribution in [2.75, 3.05) is 13.7 Å². The second-order valence-electron chi connectivity index (χ2n) is 10.9. The number of pyridine rings is 1. The molecule has 5 rings (SSSR count). The Morgan fingerprint density at radius 3 is 2.40 bits per heavy atom. The molecule has 1 fully saturated rings. The Morgan fingerprint density at radius 1 is 1.12 bits per heavy atom. The standard InChI is InChI=1S/C30H28ClF3N4O4/c1-29(2,40)20-13-23(36-26(24(20)31)15-4-8-19(32)9-5-15)30(41,18-6-7-18)14-35-28(39)17-10-16-11-21(27(33)34)37-38-25(16)22(12-17)42-3/h4-5,8-13,18,27,40-41H,6-7,14H2,1-3H3,(H,35,39)/t30-/m1/s1. The van der Waals surface area contributed by atoms with Crippen molar-refractivity contribution in [1.82, 2.24) is 20.5 Å². The maximum absolute atomic E-state index is 13.6. The first-order chi connectivity index (χ1) is 19.8. The number of amides is 1. The van der Waals surface area contributed by atoms with Crippen LogP contribution in [0.2, 0.25) is 5.02 Å².